The van der Waals surface area contributed by atoms with Gasteiger partial charge in [0.2, 0.25) is 0 Å². The normalized spacial score (nSPS) is 15.0. The van der Waals surface area contributed by atoms with Crippen LogP contribution < -0.4 is 15.0 Å². The van der Waals surface area contributed by atoms with Gasteiger partial charge in [0.15, 0.2) is 12.4 Å². The van der Waals surface area contributed by atoms with Crippen molar-refractivity contribution in [1.82, 2.24) is 5.32 Å². The third-order valence-electron chi connectivity index (χ3n) is 4.54. The van der Waals surface area contributed by atoms with Crippen LogP contribution in [0.25, 0.3) is 6.08 Å². The zero-order valence-electron chi connectivity index (χ0n) is 18.0. The maximum atomic E-state index is 13.1. The van der Waals surface area contributed by atoms with Crippen LogP contribution in [-0.4, -0.2) is 37.0 Å². The van der Waals surface area contributed by atoms with Crippen molar-refractivity contribution in [2.24, 2.45) is 0 Å². The monoisotopic (exact) mass is 534 g/mol. The first-order valence-corrected chi connectivity index (χ1v) is 11.0. The number of barbiturate groups is 1. The summed E-state index contributed by atoms with van der Waals surface area (Å²) >= 11 is 9.60. The Morgan fingerprint density at radius 1 is 1.12 bits per heavy atom. The van der Waals surface area contributed by atoms with Gasteiger partial charge in [0, 0.05) is 0 Å². The number of ether oxygens (including phenoxy) is 2. The molecule has 1 heterocycles. The first kappa shape index (κ1) is 24.5. The number of anilines is 1. The van der Waals surface area contributed by atoms with Gasteiger partial charge in [-0.3, -0.25) is 14.9 Å². The van der Waals surface area contributed by atoms with Crippen LogP contribution in [0.3, 0.4) is 0 Å². The molecule has 0 saturated carbocycles. The molecular weight excluding hydrogens is 516 g/mol. The number of carbonyl (C=O) groups is 4. The molecule has 0 unspecified atom stereocenters. The number of hydrogen-bond donors (Lipinski definition) is 1. The lowest BCUT2D eigenvalue weighted by atomic mass is 10.1. The van der Waals surface area contributed by atoms with Crippen molar-refractivity contribution in [3.05, 3.63) is 62.1 Å². The molecule has 0 atom stereocenters. The number of rotatable bonds is 6. The molecule has 1 fully saturated rings. The van der Waals surface area contributed by atoms with Gasteiger partial charge >= 0.3 is 12.0 Å². The zero-order chi connectivity index (χ0) is 24.3. The molecule has 0 aliphatic carbocycles. The summed E-state index contributed by atoms with van der Waals surface area (Å²) in [7, 11) is 0. The maximum absolute atomic E-state index is 13.1. The predicted octanol–water partition coefficient (Wildman–Crippen LogP) is 4.33. The summed E-state index contributed by atoms with van der Waals surface area (Å²) in [6, 6.07) is 7.48. The third kappa shape index (κ3) is 5.61. The molecule has 8 nitrogen and oxygen atoms in total. The largest absolute Gasteiger partial charge is 0.479 e. The van der Waals surface area contributed by atoms with Gasteiger partial charge in [0.05, 0.1) is 21.8 Å². The number of halogens is 2. The minimum Gasteiger partial charge on any atom is -0.479 e. The molecule has 1 aliphatic rings. The summed E-state index contributed by atoms with van der Waals surface area (Å²) < 4.78 is 10.6. The van der Waals surface area contributed by atoms with Crippen LogP contribution in [0.5, 0.6) is 5.75 Å². The van der Waals surface area contributed by atoms with E-state index in [4.69, 9.17) is 21.1 Å². The molecular formula is C23H20BrClN2O6. The number of aryl methyl sites for hydroxylation is 2. The van der Waals surface area contributed by atoms with E-state index in [9.17, 15) is 19.2 Å². The van der Waals surface area contributed by atoms with E-state index in [0.717, 1.165) is 16.0 Å². The Kier molecular flexibility index (Phi) is 7.55. The Morgan fingerprint density at radius 2 is 1.79 bits per heavy atom. The van der Waals surface area contributed by atoms with Crippen LogP contribution in [0.1, 0.15) is 23.6 Å². The standard InChI is InChI=1S/C23H20BrClN2O6/c1-4-32-19(28)11-33-20-17(24)9-14(10-18(20)25)8-16-21(29)26-23(31)27(22(16)30)15-6-12(2)5-13(3)7-15/h5-10H,4,11H2,1-3H3,(H,26,29,31)/b16-8+. The number of amides is 4. The number of imide groups is 2. The molecule has 33 heavy (non-hydrogen) atoms. The Morgan fingerprint density at radius 3 is 2.39 bits per heavy atom. The van der Waals surface area contributed by atoms with E-state index in [0.29, 0.717) is 15.7 Å². The van der Waals surface area contributed by atoms with Crippen molar-refractivity contribution in [1.29, 1.82) is 0 Å². The van der Waals surface area contributed by atoms with Gasteiger partial charge in [-0.1, -0.05) is 17.7 Å². The van der Waals surface area contributed by atoms with Crippen LogP contribution >= 0.6 is 27.5 Å². The summed E-state index contributed by atoms with van der Waals surface area (Å²) in [5.41, 5.74) is 2.25. The molecule has 2 aromatic rings. The second-order valence-electron chi connectivity index (χ2n) is 7.21. The van der Waals surface area contributed by atoms with Gasteiger partial charge in [0.1, 0.15) is 5.57 Å². The molecule has 0 bridgehead atoms. The van der Waals surface area contributed by atoms with Gasteiger partial charge in [0.25, 0.3) is 11.8 Å². The fraction of sp³-hybridized carbons (Fsp3) is 0.217. The van der Waals surface area contributed by atoms with E-state index < -0.39 is 23.8 Å². The van der Waals surface area contributed by atoms with Crippen LogP contribution in [-0.2, 0) is 19.1 Å². The second-order valence-corrected chi connectivity index (χ2v) is 8.47. The molecule has 1 N–H and O–H groups in total. The van der Waals surface area contributed by atoms with Crippen molar-refractivity contribution in [3.63, 3.8) is 0 Å². The summed E-state index contributed by atoms with van der Waals surface area (Å²) in [6.45, 7) is 5.26. The molecule has 0 aromatic heterocycles. The van der Waals surface area contributed by atoms with E-state index in [1.165, 1.54) is 12.1 Å². The Hall–Kier alpha value is -3.17. The zero-order valence-corrected chi connectivity index (χ0v) is 20.4. The molecule has 1 aliphatic heterocycles. The smallest absolute Gasteiger partial charge is 0.344 e. The van der Waals surface area contributed by atoms with Gasteiger partial charge < -0.3 is 9.47 Å². The number of carbonyl (C=O) groups excluding carboxylic acids is 4. The number of benzene rings is 2. The summed E-state index contributed by atoms with van der Waals surface area (Å²) in [5, 5.41) is 2.34. The lowest BCUT2D eigenvalue weighted by Crippen LogP contribution is -2.54. The highest BCUT2D eigenvalue weighted by molar-refractivity contribution is 9.10. The summed E-state index contributed by atoms with van der Waals surface area (Å²) in [6.07, 6.45) is 1.32. The van der Waals surface area contributed by atoms with Gasteiger partial charge in [-0.25, -0.2) is 14.5 Å². The Labute approximate surface area is 203 Å². The molecule has 172 valence electrons. The van der Waals surface area contributed by atoms with Crippen molar-refractivity contribution >= 4 is 63.1 Å². The van der Waals surface area contributed by atoms with E-state index in [2.05, 4.69) is 21.2 Å². The van der Waals surface area contributed by atoms with E-state index in [1.54, 1.807) is 25.1 Å². The van der Waals surface area contributed by atoms with Crippen LogP contribution in [0.15, 0.2) is 40.4 Å². The fourth-order valence-corrected chi connectivity index (χ4v) is 4.26. The van der Waals surface area contributed by atoms with Gasteiger partial charge in [-0.15, -0.1) is 0 Å². The van der Waals surface area contributed by atoms with E-state index in [1.807, 2.05) is 19.9 Å². The SMILES string of the molecule is CCOC(=O)COc1c(Cl)cc(/C=C2\C(=O)NC(=O)N(c3cc(C)cc(C)c3)C2=O)cc1Br. The highest BCUT2D eigenvalue weighted by Gasteiger charge is 2.37. The number of urea groups is 1. The fourth-order valence-electron chi connectivity index (χ4n) is 3.27. The highest BCUT2D eigenvalue weighted by Crippen LogP contribution is 2.35. The number of nitrogens with one attached hydrogen (secondary N) is 1. The quantitative estimate of drug-likeness (QED) is 0.336. The molecule has 4 amide bonds. The van der Waals surface area contributed by atoms with Crippen LogP contribution in [0.2, 0.25) is 5.02 Å². The number of esters is 1. The van der Waals surface area contributed by atoms with Crippen molar-refractivity contribution in [2.45, 2.75) is 20.8 Å². The lowest BCUT2D eigenvalue weighted by molar-refractivity contribution is -0.145. The van der Waals surface area contributed by atoms with Gasteiger partial charge in [-0.05, 0) is 83.7 Å². The van der Waals surface area contributed by atoms with Crippen LogP contribution in [0.4, 0.5) is 10.5 Å². The molecule has 2 aromatic carbocycles. The van der Waals surface area contributed by atoms with Crippen molar-refractivity contribution < 1.29 is 28.7 Å². The average Bonchev–Trinajstić information content (AvgIpc) is 2.70. The number of hydrogen-bond acceptors (Lipinski definition) is 6. The predicted molar refractivity (Wildman–Crippen MR) is 126 cm³/mol. The molecule has 1 saturated heterocycles. The Balaban J connectivity index is 1.92. The molecule has 3 rings (SSSR count). The molecule has 10 heteroatoms. The molecule has 0 spiro atoms. The summed E-state index contributed by atoms with van der Waals surface area (Å²) in [4.78, 5) is 50.4. The lowest BCUT2D eigenvalue weighted by Gasteiger charge is -2.27. The van der Waals surface area contributed by atoms with Gasteiger partial charge in [-0.2, -0.15) is 0 Å². The van der Waals surface area contributed by atoms with Crippen molar-refractivity contribution in [3.8, 4) is 5.75 Å². The van der Waals surface area contributed by atoms with Crippen LogP contribution in [0, 0.1) is 13.8 Å². The third-order valence-corrected chi connectivity index (χ3v) is 5.41. The second kappa shape index (κ2) is 10.2. The summed E-state index contributed by atoms with van der Waals surface area (Å²) in [5.74, 6) is -1.92. The molecule has 0 radical (unpaired) electrons. The number of nitrogens with zero attached hydrogens (tertiary/aromatic N) is 1. The minimum absolute atomic E-state index is 0.145. The first-order valence-electron chi connectivity index (χ1n) is 9.88. The Bertz CT molecular complexity index is 1150. The maximum Gasteiger partial charge on any atom is 0.344 e. The topological polar surface area (TPSA) is 102 Å². The van der Waals surface area contributed by atoms with E-state index in [-0.39, 0.29) is 29.6 Å². The minimum atomic E-state index is -0.825. The average molecular weight is 536 g/mol. The van der Waals surface area contributed by atoms with E-state index >= 15 is 0 Å². The van der Waals surface area contributed by atoms with Crippen molar-refractivity contribution in [2.75, 3.05) is 18.1 Å². The highest BCUT2D eigenvalue weighted by atomic mass is 79.9. The first-order chi connectivity index (χ1) is 15.6.